The number of hydrogen-bond acceptors (Lipinski definition) is 11. The van der Waals surface area contributed by atoms with Gasteiger partial charge in [0, 0.05) is 6.54 Å². The number of nitrogens with zero attached hydrogens (tertiary/aromatic N) is 4. The summed E-state index contributed by atoms with van der Waals surface area (Å²) in [6.45, 7) is 9.40. The molecule has 0 aromatic carbocycles. The lowest BCUT2D eigenvalue weighted by Gasteiger charge is -2.22. The molecule has 2 rings (SSSR count). The van der Waals surface area contributed by atoms with Crippen molar-refractivity contribution < 1.29 is 27.9 Å². The molecule has 0 aliphatic rings. The third kappa shape index (κ3) is 7.13. The summed E-state index contributed by atoms with van der Waals surface area (Å²) in [6.07, 6.45) is -0.883. The minimum absolute atomic E-state index is 0.0186. The van der Waals surface area contributed by atoms with Crippen LogP contribution in [0.3, 0.4) is 0 Å². The van der Waals surface area contributed by atoms with E-state index in [1.165, 1.54) is 0 Å². The summed E-state index contributed by atoms with van der Waals surface area (Å²) in [7, 11) is -3.43. The number of ether oxygens (including phenoxy) is 2. The molecule has 2 aromatic rings. The number of fused-ring (bicyclic) bond motifs is 1. The highest BCUT2D eigenvalue weighted by Gasteiger charge is 2.28. The Labute approximate surface area is 181 Å². The summed E-state index contributed by atoms with van der Waals surface area (Å²) in [4.78, 5) is 24.5. The van der Waals surface area contributed by atoms with Crippen molar-refractivity contribution >= 4 is 36.5 Å². The van der Waals surface area contributed by atoms with Crippen LogP contribution in [0.15, 0.2) is 0 Å². The zero-order valence-electron chi connectivity index (χ0n) is 18.5. The van der Waals surface area contributed by atoms with E-state index in [0.29, 0.717) is 17.0 Å². The zero-order valence-corrected chi connectivity index (χ0v) is 19.4. The summed E-state index contributed by atoms with van der Waals surface area (Å²) >= 11 is 0. The Bertz CT molecular complexity index is 933. The number of carbonyl (C=O) groups excluding carboxylic acids is 1. The second kappa shape index (κ2) is 10.9. The SMILES string of the molecule is CCOC(=O)Cc1nc2c(N)nc(N)nc2n1CCOCP(=O)(OC(C)C)OC(C)C. The molecule has 0 amide bonds. The Morgan fingerprint density at radius 1 is 1.10 bits per heavy atom. The summed E-state index contributed by atoms with van der Waals surface area (Å²) < 4.78 is 36.1. The molecular formula is C18H31N6O6P. The van der Waals surface area contributed by atoms with Crippen LogP contribution in [0.5, 0.6) is 0 Å². The van der Waals surface area contributed by atoms with E-state index in [1.54, 1.807) is 39.2 Å². The van der Waals surface area contributed by atoms with Crippen molar-refractivity contribution in [1.82, 2.24) is 19.5 Å². The van der Waals surface area contributed by atoms with Crippen molar-refractivity contribution in [2.45, 2.75) is 59.8 Å². The molecule has 4 N–H and O–H groups in total. The average molecular weight is 458 g/mol. The third-order valence-electron chi connectivity index (χ3n) is 3.78. The van der Waals surface area contributed by atoms with Crippen molar-refractivity contribution in [3.63, 3.8) is 0 Å². The van der Waals surface area contributed by atoms with Crippen LogP contribution in [-0.4, -0.2) is 57.3 Å². The Balaban J connectivity index is 2.19. The topological polar surface area (TPSA) is 167 Å². The molecule has 0 saturated heterocycles. The molecular weight excluding hydrogens is 427 g/mol. The van der Waals surface area contributed by atoms with Crippen molar-refractivity contribution in [2.24, 2.45) is 0 Å². The maximum Gasteiger partial charge on any atom is 0.356 e. The van der Waals surface area contributed by atoms with E-state index < -0.39 is 13.6 Å². The first-order valence-electron chi connectivity index (χ1n) is 10.0. The maximum atomic E-state index is 12.9. The van der Waals surface area contributed by atoms with Gasteiger partial charge in [-0.05, 0) is 34.6 Å². The molecule has 0 aliphatic carbocycles. The summed E-state index contributed by atoms with van der Waals surface area (Å²) in [5.74, 6) is 0.0192. The second-order valence-corrected chi connectivity index (χ2v) is 9.16. The zero-order chi connectivity index (χ0) is 23.2. The van der Waals surface area contributed by atoms with E-state index in [9.17, 15) is 9.36 Å². The molecule has 2 heterocycles. The van der Waals surface area contributed by atoms with Crippen LogP contribution in [0.4, 0.5) is 11.8 Å². The molecule has 0 fully saturated rings. The standard InChI is InChI=1S/C18H31N6O6P/c1-6-28-14(25)9-13-21-15-16(19)22-18(20)23-17(15)24(13)7-8-27-10-31(26,29-11(2)3)30-12(4)5/h11-12H,6-10H2,1-5H3,(H4,19,20,22,23). The van der Waals surface area contributed by atoms with Crippen molar-refractivity contribution in [3.05, 3.63) is 5.82 Å². The molecule has 0 spiro atoms. The van der Waals surface area contributed by atoms with Gasteiger partial charge in [0.15, 0.2) is 17.0 Å². The van der Waals surface area contributed by atoms with Gasteiger partial charge in [-0.2, -0.15) is 9.97 Å². The number of imidazole rings is 1. The first-order chi connectivity index (χ1) is 14.5. The van der Waals surface area contributed by atoms with E-state index in [4.69, 9.17) is 30.0 Å². The Morgan fingerprint density at radius 3 is 2.32 bits per heavy atom. The van der Waals surface area contributed by atoms with Crippen LogP contribution in [0.2, 0.25) is 0 Å². The van der Waals surface area contributed by atoms with Gasteiger partial charge in [-0.15, -0.1) is 0 Å². The predicted octanol–water partition coefficient (Wildman–Crippen LogP) is 2.11. The molecule has 12 nitrogen and oxygen atoms in total. The Morgan fingerprint density at radius 2 is 1.74 bits per heavy atom. The molecule has 0 aliphatic heterocycles. The van der Waals surface area contributed by atoms with Gasteiger partial charge in [0.1, 0.15) is 18.6 Å². The van der Waals surface area contributed by atoms with E-state index in [2.05, 4.69) is 15.0 Å². The van der Waals surface area contributed by atoms with E-state index in [-0.39, 0.29) is 56.5 Å². The molecule has 0 radical (unpaired) electrons. The van der Waals surface area contributed by atoms with Gasteiger partial charge in [-0.3, -0.25) is 9.36 Å². The van der Waals surface area contributed by atoms with Crippen molar-refractivity contribution in [1.29, 1.82) is 0 Å². The van der Waals surface area contributed by atoms with Crippen LogP contribution in [0.1, 0.15) is 40.4 Å². The number of nitrogen functional groups attached to an aromatic ring is 2. The number of hydrogen-bond donors (Lipinski definition) is 2. The molecule has 31 heavy (non-hydrogen) atoms. The summed E-state index contributed by atoms with van der Waals surface area (Å²) in [5.41, 5.74) is 12.3. The van der Waals surface area contributed by atoms with Gasteiger partial charge in [-0.1, -0.05) is 0 Å². The number of rotatable bonds is 12. The molecule has 174 valence electrons. The normalized spacial score (nSPS) is 12.2. The van der Waals surface area contributed by atoms with Crippen LogP contribution in [-0.2, 0) is 40.8 Å². The molecule has 2 aromatic heterocycles. The Kier molecular flexibility index (Phi) is 8.75. The van der Waals surface area contributed by atoms with Crippen molar-refractivity contribution in [3.8, 4) is 0 Å². The number of aromatic nitrogens is 4. The summed E-state index contributed by atoms with van der Waals surface area (Å²) in [5, 5.41) is 0. The van der Waals surface area contributed by atoms with E-state index in [0.717, 1.165) is 0 Å². The first-order valence-corrected chi connectivity index (χ1v) is 11.7. The van der Waals surface area contributed by atoms with Gasteiger partial charge in [0.05, 0.1) is 25.4 Å². The fourth-order valence-corrected chi connectivity index (χ4v) is 4.66. The third-order valence-corrected chi connectivity index (χ3v) is 5.76. The largest absolute Gasteiger partial charge is 0.466 e. The molecule has 0 unspecified atom stereocenters. The summed E-state index contributed by atoms with van der Waals surface area (Å²) in [6, 6.07) is 0. The molecule has 0 bridgehead atoms. The van der Waals surface area contributed by atoms with Crippen molar-refractivity contribution in [2.75, 3.05) is 31.0 Å². The smallest absolute Gasteiger partial charge is 0.356 e. The fraction of sp³-hybridized carbons (Fsp3) is 0.667. The monoisotopic (exact) mass is 458 g/mol. The predicted molar refractivity (Wildman–Crippen MR) is 115 cm³/mol. The molecule has 0 saturated carbocycles. The second-order valence-electron chi connectivity index (χ2n) is 7.26. The Hall–Kier alpha value is -2.27. The number of esters is 1. The number of nitrogens with two attached hydrogens (primary N) is 2. The lowest BCUT2D eigenvalue weighted by Crippen LogP contribution is -2.17. The highest BCUT2D eigenvalue weighted by atomic mass is 31.2. The van der Waals surface area contributed by atoms with Gasteiger partial charge in [0.2, 0.25) is 5.95 Å². The lowest BCUT2D eigenvalue weighted by atomic mass is 10.4. The number of carbonyl (C=O) groups is 1. The fourth-order valence-electron chi connectivity index (χ4n) is 2.86. The maximum absolute atomic E-state index is 12.9. The van der Waals surface area contributed by atoms with Crippen LogP contribution >= 0.6 is 7.60 Å². The average Bonchev–Trinajstić information content (AvgIpc) is 2.95. The molecule has 13 heteroatoms. The van der Waals surface area contributed by atoms with Crippen LogP contribution in [0, 0.1) is 0 Å². The van der Waals surface area contributed by atoms with Crippen LogP contribution in [0.25, 0.3) is 11.2 Å². The minimum Gasteiger partial charge on any atom is -0.466 e. The first kappa shape index (κ1) is 25.0. The van der Waals surface area contributed by atoms with Gasteiger partial charge < -0.3 is 34.6 Å². The van der Waals surface area contributed by atoms with Crippen LogP contribution < -0.4 is 11.5 Å². The molecule has 0 atom stereocenters. The highest BCUT2D eigenvalue weighted by molar-refractivity contribution is 7.53. The van der Waals surface area contributed by atoms with E-state index >= 15 is 0 Å². The van der Waals surface area contributed by atoms with E-state index in [1.807, 2.05) is 0 Å². The van der Waals surface area contributed by atoms with Gasteiger partial charge in [-0.25, -0.2) is 4.98 Å². The highest BCUT2D eigenvalue weighted by Crippen LogP contribution is 2.50. The minimum atomic E-state index is -3.43. The number of anilines is 2. The lowest BCUT2D eigenvalue weighted by molar-refractivity contribution is -0.142. The van der Waals surface area contributed by atoms with Gasteiger partial charge in [0.25, 0.3) is 0 Å². The van der Waals surface area contributed by atoms with Gasteiger partial charge >= 0.3 is 13.6 Å². The quantitative estimate of drug-likeness (QED) is 0.271.